The smallest absolute Gasteiger partial charge is 0.0949 e. The summed E-state index contributed by atoms with van der Waals surface area (Å²) in [5.41, 5.74) is 3.78. The van der Waals surface area contributed by atoms with Crippen molar-refractivity contribution < 1.29 is 4.39 Å². The highest BCUT2D eigenvalue weighted by Crippen LogP contribution is 2.14. The van der Waals surface area contributed by atoms with E-state index in [1.807, 2.05) is 12.2 Å². The van der Waals surface area contributed by atoms with Gasteiger partial charge in [-0.2, -0.15) is 0 Å². The first-order valence-corrected chi connectivity index (χ1v) is 7.98. The summed E-state index contributed by atoms with van der Waals surface area (Å²) in [5.74, 6) is 0.400. The van der Waals surface area contributed by atoms with Crippen molar-refractivity contribution in [1.82, 2.24) is 0 Å². The molecule has 0 aromatic carbocycles. The number of rotatable bonds is 10. The Balaban J connectivity index is 5.11. The van der Waals surface area contributed by atoms with Crippen molar-refractivity contribution in [2.75, 3.05) is 6.67 Å². The van der Waals surface area contributed by atoms with E-state index in [0.29, 0.717) is 12.3 Å². The molecule has 0 spiro atoms. The van der Waals surface area contributed by atoms with Crippen LogP contribution < -0.4 is 0 Å². The van der Waals surface area contributed by atoms with Crippen LogP contribution in [0.4, 0.5) is 4.39 Å². The van der Waals surface area contributed by atoms with Gasteiger partial charge in [-0.15, -0.1) is 0 Å². The van der Waals surface area contributed by atoms with Crippen LogP contribution in [0.25, 0.3) is 0 Å². The van der Waals surface area contributed by atoms with E-state index in [1.54, 1.807) is 12.3 Å². The predicted molar refractivity (Wildman–Crippen MR) is 98.1 cm³/mol. The van der Waals surface area contributed by atoms with Gasteiger partial charge in [0.15, 0.2) is 0 Å². The Kier molecular flexibility index (Phi) is 11.0. The van der Waals surface area contributed by atoms with Gasteiger partial charge in [0, 0.05) is 18.3 Å². The first-order valence-electron chi connectivity index (χ1n) is 7.98. The Hall–Kier alpha value is -1.70. The molecule has 2 heteroatoms. The lowest BCUT2D eigenvalue weighted by Crippen LogP contribution is -1.93. The summed E-state index contributed by atoms with van der Waals surface area (Å²) in [5, 5.41) is 0. The summed E-state index contributed by atoms with van der Waals surface area (Å²) in [6, 6.07) is 0. The van der Waals surface area contributed by atoms with Crippen molar-refractivity contribution in [3.05, 3.63) is 59.9 Å². The molecule has 0 aromatic heterocycles. The van der Waals surface area contributed by atoms with E-state index < -0.39 is 6.67 Å². The average molecular weight is 303 g/mol. The molecule has 0 aliphatic carbocycles. The molecule has 122 valence electrons. The minimum absolute atomic E-state index is 0.343. The third-order valence-corrected chi connectivity index (χ3v) is 3.55. The minimum Gasteiger partial charge on any atom is -0.261 e. The number of hydrogen-bond acceptors (Lipinski definition) is 1. The van der Waals surface area contributed by atoms with Crippen molar-refractivity contribution in [3.63, 3.8) is 0 Å². The van der Waals surface area contributed by atoms with E-state index in [4.69, 9.17) is 0 Å². The lowest BCUT2D eigenvalue weighted by atomic mass is 10.1. The Morgan fingerprint density at radius 1 is 1.27 bits per heavy atom. The maximum atomic E-state index is 12.6. The first kappa shape index (κ1) is 20.3. The summed E-state index contributed by atoms with van der Waals surface area (Å²) < 4.78 is 12.6. The fourth-order valence-electron chi connectivity index (χ4n) is 1.63. The van der Waals surface area contributed by atoms with Crippen LogP contribution >= 0.6 is 0 Å². The van der Waals surface area contributed by atoms with Crippen LogP contribution in [0.15, 0.2) is 64.9 Å². The molecule has 0 bridgehead atoms. The van der Waals surface area contributed by atoms with E-state index in [0.717, 1.165) is 29.7 Å². The van der Waals surface area contributed by atoms with Crippen LogP contribution in [0.5, 0.6) is 0 Å². The first-order chi connectivity index (χ1) is 10.5. The minimum atomic E-state index is -0.394. The van der Waals surface area contributed by atoms with Gasteiger partial charge in [-0.1, -0.05) is 70.2 Å². The predicted octanol–water partition coefficient (Wildman–Crippen LogP) is 6.37. The molecule has 1 unspecified atom stereocenters. The Bertz CT molecular complexity index is 478. The zero-order valence-electron chi connectivity index (χ0n) is 14.5. The van der Waals surface area contributed by atoms with E-state index in [-0.39, 0.29) is 0 Å². The van der Waals surface area contributed by atoms with Gasteiger partial charge < -0.3 is 0 Å². The molecule has 0 heterocycles. The summed E-state index contributed by atoms with van der Waals surface area (Å²) in [4.78, 5) is 4.40. The number of halogens is 1. The highest BCUT2D eigenvalue weighted by molar-refractivity contribution is 5.85. The van der Waals surface area contributed by atoms with Gasteiger partial charge in [-0.25, -0.2) is 0 Å². The van der Waals surface area contributed by atoms with Gasteiger partial charge >= 0.3 is 0 Å². The number of allylic oxidation sites excluding steroid dienone is 8. The monoisotopic (exact) mass is 303 g/mol. The topological polar surface area (TPSA) is 12.4 Å². The summed E-state index contributed by atoms with van der Waals surface area (Å²) in [7, 11) is 0. The van der Waals surface area contributed by atoms with Crippen LogP contribution in [0.3, 0.4) is 0 Å². The molecule has 1 atom stereocenters. The van der Waals surface area contributed by atoms with Crippen molar-refractivity contribution >= 4 is 6.21 Å². The van der Waals surface area contributed by atoms with Gasteiger partial charge in [-0.3, -0.25) is 9.38 Å². The maximum Gasteiger partial charge on any atom is 0.0949 e. The highest BCUT2D eigenvalue weighted by atomic mass is 19.1. The average Bonchev–Trinajstić information content (AvgIpc) is 2.52. The number of nitrogens with zero attached hydrogens (tertiary/aromatic N) is 1. The molecule has 1 nitrogen and oxygen atoms in total. The lowest BCUT2D eigenvalue weighted by molar-refractivity contribution is 0.491. The van der Waals surface area contributed by atoms with E-state index in [9.17, 15) is 4.39 Å². The number of hydrogen-bond donors (Lipinski definition) is 0. The largest absolute Gasteiger partial charge is 0.261 e. The van der Waals surface area contributed by atoms with Gasteiger partial charge in [0.2, 0.25) is 0 Å². The normalized spacial score (nSPS) is 15.2. The van der Waals surface area contributed by atoms with Crippen molar-refractivity contribution in [1.29, 1.82) is 0 Å². The van der Waals surface area contributed by atoms with Gasteiger partial charge in [-0.05, 0) is 30.4 Å². The Labute approximate surface area is 135 Å². The second-order valence-electron chi connectivity index (χ2n) is 5.46. The second-order valence-corrected chi connectivity index (χ2v) is 5.46. The van der Waals surface area contributed by atoms with Gasteiger partial charge in [0.1, 0.15) is 0 Å². The van der Waals surface area contributed by atoms with Crippen molar-refractivity contribution in [2.45, 2.75) is 47.0 Å². The van der Waals surface area contributed by atoms with Crippen LogP contribution in [-0.2, 0) is 0 Å². The van der Waals surface area contributed by atoms with Gasteiger partial charge in [0.25, 0.3) is 0 Å². The van der Waals surface area contributed by atoms with Crippen molar-refractivity contribution in [2.24, 2.45) is 10.9 Å². The molecule has 0 amide bonds. The van der Waals surface area contributed by atoms with E-state index in [2.05, 4.69) is 51.9 Å². The standard InChI is InChI=1S/C20H30FN/c1-7-16(4)10-11-19(9-3)18(6)15-22-20(12-13-21)14-17(5)8-2/h9-11,14-15,17H,3,6-8,12-13H2,1-2,4-5H3/b16-10-,19-11+,20-14-,22-15-. The van der Waals surface area contributed by atoms with Crippen LogP contribution in [0, 0.1) is 5.92 Å². The molecular formula is C20H30FN. The molecule has 0 aromatic rings. The lowest BCUT2D eigenvalue weighted by Gasteiger charge is -2.05. The Morgan fingerprint density at radius 3 is 2.45 bits per heavy atom. The van der Waals surface area contributed by atoms with Crippen molar-refractivity contribution in [3.8, 4) is 0 Å². The summed E-state index contributed by atoms with van der Waals surface area (Å²) in [6.07, 6.45) is 11.9. The number of aliphatic imine (C=N–C) groups is 1. The zero-order valence-corrected chi connectivity index (χ0v) is 14.5. The molecule has 0 saturated carbocycles. The van der Waals surface area contributed by atoms with E-state index in [1.165, 1.54) is 5.57 Å². The molecule has 0 saturated heterocycles. The summed E-state index contributed by atoms with van der Waals surface area (Å²) in [6.45, 7) is 15.9. The highest BCUT2D eigenvalue weighted by Gasteiger charge is 2.00. The molecular weight excluding hydrogens is 273 g/mol. The molecule has 0 fully saturated rings. The fourth-order valence-corrected chi connectivity index (χ4v) is 1.63. The quantitative estimate of drug-likeness (QED) is 0.328. The molecule has 22 heavy (non-hydrogen) atoms. The third kappa shape index (κ3) is 8.56. The summed E-state index contributed by atoms with van der Waals surface area (Å²) >= 11 is 0. The zero-order chi connectivity index (χ0) is 17.0. The van der Waals surface area contributed by atoms with Crippen LogP contribution in [-0.4, -0.2) is 12.9 Å². The SMILES string of the molecule is C=C/C(=C\C=C(\C)CC)C(=C)/C=N\C(=C/C(C)CC)CCF. The fraction of sp³-hybridized carbons (Fsp3) is 0.450. The van der Waals surface area contributed by atoms with Crippen LogP contribution in [0.2, 0.25) is 0 Å². The van der Waals surface area contributed by atoms with Crippen LogP contribution in [0.1, 0.15) is 47.0 Å². The van der Waals surface area contributed by atoms with Gasteiger partial charge in [0.05, 0.1) is 6.67 Å². The Morgan fingerprint density at radius 2 is 1.95 bits per heavy atom. The second kappa shape index (κ2) is 11.9. The maximum absolute atomic E-state index is 12.6. The van der Waals surface area contributed by atoms with E-state index >= 15 is 0 Å². The molecule has 0 aliphatic rings. The molecule has 0 N–H and O–H groups in total. The number of alkyl halides is 1. The molecule has 0 radical (unpaired) electrons. The molecule has 0 rings (SSSR count). The third-order valence-electron chi connectivity index (χ3n) is 3.55. The molecule has 0 aliphatic heterocycles.